The number of aryl methyl sites for hydroxylation is 2. The summed E-state index contributed by atoms with van der Waals surface area (Å²) in [5.74, 6) is 0. The van der Waals surface area contributed by atoms with E-state index in [4.69, 9.17) is 0 Å². The first-order valence-electron chi connectivity index (χ1n) is 22.0. The molecule has 3 rings (SSSR count). The van der Waals surface area contributed by atoms with Crippen LogP contribution in [0, 0.1) is 13.8 Å². The van der Waals surface area contributed by atoms with Crippen LogP contribution in [-0.4, -0.2) is 13.1 Å². The predicted octanol–water partition coefficient (Wildman–Crippen LogP) is 17.3. The van der Waals surface area contributed by atoms with Crippen molar-refractivity contribution in [3.8, 4) is 0 Å². The maximum Gasteiger partial charge on any atom is 0.0887 e. The van der Waals surface area contributed by atoms with Gasteiger partial charge in [0.05, 0.1) is 22.7 Å². The van der Waals surface area contributed by atoms with Crippen molar-refractivity contribution in [1.29, 1.82) is 0 Å². The van der Waals surface area contributed by atoms with Crippen molar-refractivity contribution in [3.05, 3.63) is 77.9 Å². The van der Waals surface area contributed by atoms with E-state index in [1.54, 1.807) is 0 Å². The van der Waals surface area contributed by atoms with Crippen LogP contribution in [0.2, 0.25) is 0 Å². The van der Waals surface area contributed by atoms with Crippen LogP contribution in [0.15, 0.2) is 87.2 Å². The molecule has 0 saturated carbocycles. The van der Waals surface area contributed by atoms with Crippen LogP contribution in [0.3, 0.4) is 0 Å². The Balaban J connectivity index is 1.48. The average Bonchev–Trinajstić information content (AvgIpc) is 3.17. The minimum atomic E-state index is 0.824. The van der Waals surface area contributed by atoms with Crippen LogP contribution in [-0.2, 0) is 0 Å². The van der Waals surface area contributed by atoms with Gasteiger partial charge in [0.2, 0.25) is 0 Å². The molecule has 0 spiro atoms. The molecule has 0 N–H and O–H groups in total. The van der Waals surface area contributed by atoms with Gasteiger partial charge in [-0.25, -0.2) is 0 Å². The second-order valence-corrected chi connectivity index (χ2v) is 15.4. The summed E-state index contributed by atoms with van der Waals surface area (Å²) < 4.78 is 0. The minimum absolute atomic E-state index is 0.824. The number of nitrogens with zero attached hydrogens (tertiary/aromatic N) is 5. The lowest BCUT2D eigenvalue weighted by atomic mass is 10.0. The van der Waals surface area contributed by atoms with Crippen LogP contribution in [0.1, 0.15) is 179 Å². The summed E-state index contributed by atoms with van der Waals surface area (Å²) >= 11 is 0. The lowest BCUT2D eigenvalue weighted by Gasteiger charge is -2.26. The molecule has 0 aliphatic carbocycles. The van der Waals surface area contributed by atoms with Gasteiger partial charge in [0, 0.05) is 18.8 Å². The molecule has 0 bridgehead atoms. The SMILES string of the molecule is CCCCCCCCCCCCCCN(CCCCCCCCCCCCCC)c1ccc(/N=N/c2ccc(/N=N/c3ccccc3)c(C)c2)c(C)c1. The van der Waals surface area contributed by atoms with Crippen molar-refractivity contribution in [2.24, 2.45) is 20.5 Å². The van der Waals surface area contributed by atoms with Gasteiger partial charge >= 0.3 is 0 Å². The topological polar surface area (TPSA) is 52.7 Å². The summed E-state index contributed by atoms with van der Waals surface area (Å²) in [7, 11) is 0. The normalized spacial score (nSPS) is 11.7. The summed E-state index contributed by atoms with van der Waals surface area (Å²) in [6, 6.07) is 22.5. The molecule has 0 heterocycles. The van der Waals surface area contributed by atoms with Gasteiger partial charge in [0.1, 0.15) is 0 Å². The number of unbranched alkanes of at least 4 members (excludes halogenated alkanes) is 22. The molecule has 0 saturated heterocycles. The lowest BCUT2D eigenvalue weighted by molar-refractivity contribution is 0.535. The highest BCUT2D eigenvalue weighted by Crippen LogP contribution is 2.30. The monoisotopic (exact) mass is 722 g/mol. The predicted molar refractivity (Wildman–Crippen MR) is 232 cm³/mol. The van der Waals surface area contributed by atoms with Crippen LogP contribution in [0.5, 0.6) is 0 Å². The van der Waals surface area contributed by atoms with E-state index in [1.807, 2.05) is 55.5 Å². The van der Waals surface area contributed by atoms with Crippen molar-refractivity contribution in [3.63, 3.8) is 0 Å². The van der Waals surface area contributed by atoms with Crippen LogP contribution in [0.4, 0.5) is 28.4 Å². The number of hydrogen-bond donors (Lipinski definition) is 0. The highest BCUT2D eigenvalue weighted by Gasteiger charge is 2.09. The third-order valence-electron chi connectivity index (χ3n) is 10.6. The first-order valence-corrected chi connectivity index (χ1v) is 22.0. The summed E-state index contributed by atoms with van der Waals surface area (Å²) in [4.78, 5) is 2.65. The minimum Gasteiger partial charge on any atom is -0.372 e. The molecule has 5 nitrogen and oxygen atoms in total. The number of anilines is 1. The Morgan fingerprint density at radius 3 is 1.21 bits per heavy atom. The first kappa shape index (κ1) is 44.1. The van der Waals surface area contributed by atoms with Gasteiger partial charge in [0.15, 0.2) is 0 Å². The largest absolute Gasteiger partial charge is 0.372 e. The van der Waals surface area contributed by atoms with E-state index in [0.717, 1.165) is 41.4 Å². The molecule has 0 amide bonds. The van der Waals surface area contributed by atoms with E-state index < -0.39 is 0 Å². The molecule has 3 aromatic carbocycles. The first-order chi connectivity index (χ1) is 26.1. The Morgan fingerprint density at radius 2 is 0.774 bits per heavy atom. The zero-order chi connectivity index (χ0) is 37.6. The number of azo groups is 2. The van der Waals surface area contributed by atoms with Crippen LogP contribution >= 0.6 is 0 Å². The third-order valence-corrected chi connectivity index (χ3v) is 10.6. The van der Waals surface area contributed by atoms with Gasteiger partial charge in [-0.15, -0.1) is 0 Å². The molecular formula is C48H75N5. The van der Waals surface area contributed by atoms with Crippen molar-refractivity contribution >= 4 is 28.4 Å². The molecule has 53 heavy (non-hydrogen) atoms. The Hall–Kier alpha value is -3.34. The van der Waals surface area contributed by atoms with E-state index in [-0.39, 0.29) is 0 Å². The number of benzene rings is 3. The van der Waals surface area contributed by atoms with Gasteiger partial charge in [-0.3, -0.25) is 0 Å². The highest BCUT2D eigenvalue weighted by atomic mass is 15.1. The fourth-order valence-corrected chi connectivity index (χ4v) is 7.14. The summed E-state index contributed by atoms with van der Waals surface area (Å²) in [5.41, 5.74) is 6.97. The third kappa shape index (κ3) is 20.1. The maximum atomic E-state index is 4.66. The van der Waals surface area contributed by atoms with Crippen molar-refractivity contribution in [2.75, 3.05) is 18.0 Å². The van der Waals surface area contributed by atoms with Crippen molar-refractivity contribution in [1.82, 2.24) is 0 Å². The van der Waals surface area contributed by atoms with E-state index in [2.05, 4.69) is 64.3 Å². The van der Waals surface area contributed by atoms with Crippen LogP contribution < -0.4 is 4.90 Å². The molecule has 3 aromatic rings. The van der Waals surface area contributed by atoms with Gasteiger partial charge < -0.3 is 4.90 Å². The quantitative estimate of drug-likeness (QED) is 0.0482. The van der Waals surface area contributed by atoms with Gasteiger partial charge in [-0.1, -0.05) is 173 Å². The maximum absolute atomic E-state index is 4.66. The molecule has 0 aromatic heterocycles. The molecule has 0 atom stereocenters. The van der Waals surface area contributed by atoms with Crippen molar-refractivity contribution < 1.29 is 0 Å². The Labute approximate surface area is 325 Å². The van der Waals surface area contributed by atoms with Gasteiger partial charge in [0.25, 0.3) is 0 Å². The second-order valence-electron chi connectivity index (χ2n) is 15.4. The number of rotatable bonds is 31. The lowest BCUT2D eigenvalue weighted by Crippen LogP contribution is -2.25. The van der Waals surface area contributed by atoms with Gasteiger partial charge in [-0.05, 0) is 86.3 Å². The summed E-state index contributed by atoms with van der Waals surface area (Å²) in [5, 5.41) is 18.1. The Morgan fingerprint density at radius 1 is 0.377 bits per heavy atom. The highest BCUT2D eigenvalue weighted by molar-refractivity contribution is 5.58. The van der Waals surface area contributed by atoms with E-state index >= 15 is 0 Å². The van der Waals surface area contributed by atoms with Gasteiger partial charge in [-0.2, -0.15) is 20.5 Å². The van der Waals surface area contributed by atoms with Crippen molar-refractivity contribution in [2.45, 2.75) is 182 Å². The molecule has 0 radical (unpaired) electrons. The molecule has 0 aliphatic heterocycles. The van der Waals surface area contributed by atoms with E-state index in [1.165, 1.54) is 165 Å². The molecule has 0 aliphatic rings. The summed E-state index contributed by atoms with van der Waals surface area (Å²) in [6.45, 7) is 11.1. The fraction of sp³-hybridized carbons (Fsp3) is 0.625. The zero-order valence-corrected chi connectivity index (χ0v) is 34.5. The standard InChI is InChI=1S/C48H75N5/c1-5-7-9-11-13-15-17-19-21-23-25-30-38-53(39-31-26-24-22-20-18-16-14-12-10-8-6-2)46-35-37-48(43(4)41-46)52-50-45-34-36-47(42(3)40-45)51-49-44-32-28-27-29-33-44/h27-29,32-37,40-41H,5-26,30-31,38-39H2,1-4H3/b51-49+,52-50+. The molecular weight excluding hydrogens is 647 g/mol. The zero-order valence-electron chi connectivity index (χ0n) is 34.5. The Bertz CT molecular complexity index is 1370. The summed E-state index contributed by atoms with van der Waals surface area (Å²) in [6.07, 6.45) is 33.4. The van der Waals surface area contributed by atoms with E-state index in [0.29, 0.717) is 0 Å². The molecule has 0 unspecified atom stereocenters. The van der Waals surface area contributed by atoms with Crippen LogP contribution in [0.25, 0.3) is 0 Å². The molecule has 292 valence electrons. The van der Waals surface area contributed by atoms with E-state index in [9.17, 15) is 0 Å². The number of hydrogen-bond acceptors (Lipinski definition) is 5. The smallest absolute Gasteiger partial charge is 0.0887 e. The molecule has 5 heteroatoms. The second kappa shape index (κ2) is 29.1. The average molecular weight is 722 g/mol. The molecule has 0 fully saturated rings. The fourth-order valence-electron chi connectivity index (χ4n) is 7.14. The Kier molecular flexibility index (Phi) is 24.2.